The van der Waals surface area contributed by atoms with Gasteiger partial charge in [0.1, 0.15) is 10.5 Å². The van der Waals surface area contributed by atoms with E-state index in [2.05, 4.69) is 10.6 Å². The van der Waals surface area contributed by atoms with Gasteiger partial charge < -0.3 is 21.1 Å². The molecule has 9 heteroatoms. The maximum atomic E-state index is 11.4. The Labute approximate surface area is 130 Å². The zero-order valence-electron chi connectivity index (χ0n) is 12.8. The van der Waals surface area contributed by atoms with Crippen molar-refractivity contribution in [1.29, 1.82) is 0 Å². The van der Waals surface area contributed by atoms with Gasteiger partial charge in [-0.25, -0.2) is 18.4 Å². The second-order valence-electron chi connectivity index (χ2n) is 5.62. The van der Waals surface area contributed by atoms with Gasteiger partial charge in [0, 0.05) is 13.1 Å². The van der Waals surface area contributed by atoms with Gasteiger partial charge in [-0.3, -0.25) is 0 Å². The van der Waals surface area contributed by atoms with Crippen LogP contribution in [0.1, 0.15) is 20.8 Å². The van der Waals surface area contributed by atoms with E-state index in [0.29, 0.717) is 12.2 Å². The van der Waals surface area contributed by atoms with Gasteiger partial charge in [-0.15, -0.1) is 0 Å². The summed E-state index contributed by atoms with van der Waals surface area (Å²) in [6.45, 7) is 5.93. The number of sulfonamides is 1. The lowest BCUT2D eigenvalue weighted by Gasteiger charge is -2.19. The number of rotatable bonds is 5. The summed E-state index contributed by atoms with van der Waals surface area (Å²) in [6, 6.07) is 4.48. The number of benzene rings is 1. The van der Waals surface area contributed by atoms with Gasteiger partial charge in [0.25, 0.3) is 0 Å². The Morgan fingerprint density at radius 3 is 2.45 bits per heavy atom. The van der Waals surface area contributed by atoms with Crippen LogP contribution in [0.4, 0.5) is 16.2 Å². The van der Waals surface area contributed by atoms with Gasteiger partial charge >= 0.3 is 6.09 Å². The molecule has 0 aromatic heterocycles. The minimum Gasteiger partial charge on any atom is -0.444 e. The molecule has 1 amide bonds. The highest BCUT2D eigenvalue weighted by molar-refractivity contribution is 7.89. The Morgan fingerprint density at radius 2 is 1.91 bits per heavy atom. The highest BCUT2D eigenvalue weighted by Gasteiger charge is 2.16. The maximum absolute atomic E-state index is 11.4. The van der Waals surface area contributed by atoms with Crippen LogP contribution in [0.3, 0.4) is 0 Å². The molecule has 0 unspecified atom stereocenters. The third-order valence-corrected chi connectivity index (χ3v) is 3.45. The molecule has 22 heavy (non-hydrogen) atoms. The molecule has 0 heterocycles. The summed E-state index contributed by atoms with van der Waals surface area (Å²) < 4.78 is 27.8. The number of amides is 1. The fourth-order valence-corrected chi connectivity index (χ4v) is 2.31. The summed E-state index contributed by atoms with van der Waals surface area (Å²) in [6.07, 6.45) is -0.527. The first-order valence-corrected chi connectivity index (χ1v) is 8.17. The predicted octanol–water partition coefficient (Wildman–Crippen LogP) is 0.853. The fourth-order valence-electron chi connectivity index (χ4n) is 1.62. The second-order valence-corrected chi connectivity index (χ2v) is 7.15. The molecule has 0 aliphatic carbocycles. The molecule has 0 aliphatic heterocycles. The first-order valence-electron chi connectivity index (χ1n) is 6.63. The number of alkyl carbamates (subject to hydrolysis) is 1. The molecule has 6 N–H and O–H groups in total. The molecule has 0 saturated carbocycles. The van der Waals surface area contributed by atoms with Crippen LogP contribution >= 0.6 is 0 Å². The maximum Gasteiger partial charge on any atom is 0.407 e. The Kier molecular flexibility index (Phi) is 5.61. The molecule has 1 aromatic carbocycles. The van der Waals surface area contributed by atoms with E-state index in [-0.39, 0.29) is 17.1 Å². The minimum absolute atomic E-state index is 0.0438. The van der Waals surface area contributed by atoms with Crippen LogP contribution < -0.4 is 21.5 Å². The van der Waals surface area contributed by atoms with Crippen molar-refractivity contribution in [3.05, 3.63) is 18.2 Å². The van der Waals surface area contributed by atoms with Crippen molar-refractivity contribution in [3.8, 4) is 0 Å². The number of nitrogen functional groups attached to an aromatic ring is 1. The van der Waals surface area contributed by atoms with E-state index in [1.54, 1.807) is 26.8 Å². The van der Waals surface area contributed by atoms with E-state index >= 15 is 0 Å². The van der Waals surface area contributed by atoms with E-state index in [0.717, 1.165) is 0 Å². The highest BCUT2D eigenvalue weighted by Crippen LogP contribution is 2.25. The van der Waals surface area contributed by atoms with Crippen LogP contribution in [0, 0.1) is 0 Å². The van der Waals surface area contributed by atoms with Crippen LogP contribution in [-0.4, -0.2) is 33.2 Å². The Balaban J connectivity index is 2.55. The van der Waals surface area contributed by atoms with Crippen molar-refractivity contribution in [1.82, 2.24) is 5.32 Å². The van der Waals surface area contributed by atoms with Crippen molar-refractivity contribution in [2.45, 2.75) is 31.3 Å². The van der Waals surface area contributed by atoms with Crippen molar-refractivity contribution < 1.29 is 17.9 Å². The quantitative estimate of drug-likeness (QED) is 0.467. The molecule has 0 fully saturated rings. The van der Waals surface area contributed by atoms with Gasteiger partial charge in [0.15, 0.2) is 0 Å². The third-order valence-electron chi connectivity index (χ3n) is 2.48. The number of anilines is 2. The number of carbonyl (C=O) groups excluding carboxylic acids is 1. The van der Waals surface area contributed by atoms with Crippen LogP contribution in [0.2, 0.25) is 0 Å². The van der Waals surface area contributed by atoms with Gasteiger partial charge in [-0.05, 0) is 32.9 Å². The van der Waals surface area contributed by atoms with Crippen LogP contribution in [0.25, 0.3) is 0 Å². The van der Waals surface area contributed by atoms with Gasteiger partial charge in [0.05, 0.1) is 11.4 Å². The number of carbonyl (C=O) groups is 1. The number of nitrogens with one attached hydrogen (secondary N) is 2. The number of para-hydroxylation sites is 1. The number of ether oxygens (including phenoxy) is 1. The van der Waals surface area contributed by atoms with E-state index < -0.39 is 21.7 Å². The largest absolute Gasteiger partial charge is 0.444 e. The summed E-state index contributed by atoms with van der Waals surface area (Å²) in [4.78, 5) is 11.3. The van der Waals surface area contributed by atoms with Gasteiger partial charge in [0.2, 0.25) is 10.0 Å². The Bertz CT molecular complexity index is 638. The van der Waals surface area contributed by atoms with Gasteiger partial charge in [-0.1, -0.05) is 6.07 Å². The molecule has 0 bridgehead atoms. The lowest BCUT2D eigenvalue weighted by Crippen LogP contribution is -2.35. The van der Waals surface area contributed by atoms with Crippen LogP contribution in [0.15, 0.2) is 23.1 Å². The Hall–Kier alpha value is -2.00. The van der Waals surface area contributed by atoms with Crippen molar-refractivity contribution in [2.24, 2.45) is 5.14 Å². The average molecular weight is 330 g/mol. The molecule has 124 valence electrons. The molecule has 0 saturated heterocycles. The van der Waals surface area contributed by atoms with E-state index in [1.165, 1.54) is 12.1 Å². The minimum atomic E-state index is -3.88. The predicted molar refractivity (Wildman–Crippen MR) is 85.0 cm³/mol. The van der Waals surface area contributed by atoms with Crippen LogP contribution in [0.5, 0.6) is 0 Å². The standard InChI is InChI=1S/C13H22N4O4S/c1-13(2,3)21-12(18)17-8-7-16-9-5-4-6-10(11(9)14)22(15,19)20/h4-6,16H,7-8,14H2,1-3H3,(H,17,18)(H2,15,19,20). The third kappa shape index (κ3) is 5.78. The molecule has 0 spiro atoms. The lowest BCUT2D eigenvalue weighted by atomic mass is 10.2. The molecule has 0 atom stereocenters. The number of nitrogens with two attached hydrogens (primary N) is 2. The van der Waals surface area contributed by atoms with Crippen molar-refractivity contribution >= 4 is 27.5 Å². The van der Waals surface area contributed by atoms with Crippen LogP contribution in [-0.2, 0) is 14.8 Å². The molecular weight excluding hydrogens is 308 g/mol. The molecule has 8 nitrogen and oxygen atoms in total. The number of hydrogen-bond acceptors (Lipinski definition) is 6. The summed E-state index contributed by atoms with van der Waals surface area (Å²) in [5, 5.41) is 10.6. The molecule has 0 aliphatic rings. The van der Waals surface area contributed by atoms with E-state index in [1.807, 2.05) is 0 Å². The first kappa shape index (κ1) is 18.1. The molecule has 1 rings (SSSR count). The summed E-state index contributed by atoms with van der Waals surface area (Å²) in [5.41, 5.74) is 5.67. The molecular formula is C13H22N4O4S. The lowest BCUT2D eigenvalue weighted by molar-refractivity contribution is 0.0530. The Morgan fingerprint density at radius 1 is 1.27 bits per heavy atom. The van der Waals surface area contributed by atoms with Crippen molar-refractivity contribution in [3.63, 3.8) is 0 Å². The summed E-state index contributed by atoms with van der Waals surface area (Å²) >= 11 is 0. The topological polar surface area (TPSA) is 137 Å². The zero-order chi connectivity index (χ0) is 17.0. The highest BCUT2D eigenvalue weighted by atomic mass is 32.2. The average Bonchev–Trinajstić information content (AvgIpc) is 2.32. The number of hydrogen-bond donors (Lipinski definition) is 4. The first-order chi connectivity index (χ1) is 10.0. The summed E-state index contributed by atoms with van der Waals surface area (Å²) in [7, 11) is -3.88. The molecule has 1 aromatic rings. The van der Waals surface area contributed by atoms with Crippen molar-refractivity contribution in [2.75, 3.05) is 24.1 Å². The van der Waals surface area contributed by atoms with E-state index in [9.17, 15) is 13.2 Å². The second kappa shape index (κ2) is 6.84. The zero-order valence-corrected chi connectivity index (χ0v) is 13.7. The summed E-state index contributed by atoms with van der Waals surface area (Å²) in [5.74, 6) is 0. The van der Waals surface area contributed by atoms with E-state index in [4.69, 9.17) is 15.6 Å². The molecule has 0 radical (unpaired) electrons. The normalized spacial score (nSPS) is 11.8. The SMILES string of the molecule is CC(C)(C)OC(=O)NCCNc1cccc(S(N)(=O)=O)c1N. The fraction of sp³-hybridized carbons (Fsp3) is 0.462. The number of primary sulfonamides is 1. The van der Waals surface area contributed by atoms with Gasteiger partial charge in [-0.2, -0.15) is 0 Å². The monoisotopic (exact) mass is 330 g/mol. The smallest absolute Gasteiger partial charge is 0.407 e.